The third kappa shape index (κ3) is 7.47. The summed E-state index contributed by atoms with van der Waals surface area (Å²) < 4.78 is 39.9. The molecular weight excluding hydrogens is 556 g/mol. The second-order valence-corrected chi connectivity index (χ2v) is 13.4. The number of thiophene rings is 1. The Kier molecular flexibility index (Phi) is 10.1. The summed E-state index contributed by atoms with van der Waals surface area (Å²) in [7, 11) is -0.725. The van der Waals surface area contributed by atoms with Gasteiger partial charge in [0.1, 0.15) is 0 Å². The molecule has 0 fully saturated rings. The van der Waals surface area contributed by atoms with Crippen molar-refractivity contribution in [3.05, 3.63) is 88.1 Å². The van der Waals surface area contributed by atoms with E-state index in [0.717, 1.165) is 26.8 Å². The van der Waals surface area contributed by atoms with Gasteiger partial charge >= 0.3 is 0 Å². The molecule has 0 bridgehead atoms. The van der Waals surface area contributed by atoms with Crippen LogP contribution in [-0.2, 0) is 27.8 Å². The fourth-order valence-electron chi connectivity index (χ4n) is 4.71. The number of carbonyl (C=O) groups is 1. The zero-order valence-corrected chi connectivity index (χ0v) is 25.9. The standard InChI is InChI=1S/C32H38N2O5S2/c1-23(2)20-34(41(36,37)28-12-11-26-8-6-7-9-27(26)19-28)22-32(35)33(21-31-24(3)15-17-40-31)16-14-25-10-13-29(38-4)30(18-25)39-5/h6-13,15,17-19,23H,14,16,20-22H2,1-5H3. The molecule has 0 aliphatic rings. The van der Waals surface area contributed by atoms with Gasteiger partial charge in [0.2, 0.25) is 15.9 Å². The maximum absolute atomic E-state index is 13.9. The summed E-state index contributed by atoms with van der Waals surface area (Å²) in [6.07, 6.45) is 0.581. The average molecular weight is 595 g/mol. The molecule has 0 aliphatic heterocycles. The molecule has 0 saturated carbocycles. The van der Waals surface area contributed by atoms with Crippen molar-refractivity contribution in [2.24, 2.45) is 5.92 Å². The highest BCUT2D eigenvalue weighted by Gasteiger charge is 2.29. The molecular formula is C32H38N2O5S2. The Morgan fingerprint density at radius 2 is 1.66 bits per heavy atom. The van der Waals surface area contributed by atoms with Crippen LogP contribution in [0.2, 0.25) is 0 Å². The first-order valence-electron chi connectivity index (χ1n) is 13.6. The highest BCUT2D eigenvalue weighted by atomic mass is 32.2. The van der Waals surface area contributed by atoms with E-state index in [0.29, 0.717) is 31.0 Å². The average Bonchev–Trinajstić information content (AvgIpc) is 3.37. The molecule has 1 aromatic heterocycles. The molecule has 1 heterocycles. The third-order valence-corrected chi connectivity index (χ3v) is 9.83. The Morgan fingerprint density at radius 3 is 2.32 bits per heavy atom. The maximum atomic E-state index is 13.9. The Bertz CT molecular complexity index is 1600. The molecule has 0 aliphatic carbocycles. The van der Waals surface area contributed by atoms with Gasteiger partial charge < -0.3 is 14.4 Å². The quantitative estimate of drug-likeness (QED) is 0.186. The number of rotatable bonds is 13. The van der Waals surface area contributed by atoms with Crippen LogP contribution in [-0.4, -0.2) is 57.4 Å². The van der Waals surface area contributed by atoms with Gasteiger partial charge in [-0.15, -0.1) is 11.3 Å². The number of ether oxygens (including phenoxy) is 2. The zero-order chi connectivity index (χ0) is 29.6. The predicted molar refractivity (Wildman–Crippen MR) is 165 cm³/mol. The summed E-state index contributed by atoms with van der Waals surface area (Å²) in [5.74, 6) is 1.07. The van der Waals surface area contributed by atoms with Crippen molar-refractivity contribution in [1.29, 1.82) is 0 Å². The van der Waals surface area contributed by atoms with Crippen molar-refractivity contribution in [3.63, 3.8) is 0 Å². The molecule has 0 saturated heterocycles. The monoisotopic (exact) mass is 594 g/mol. The number of carbonyl (C=O) groups excluding carboxylic acids is 1. The smallest absolute Gasteiger partial charge is 0.243 e. The van der Waals surface area contributed by atoms with Crippen LogP contribution in [0.1, 0.15) is 29.9 Å². The molecule has 3 aromatic carbocycles. The first-order valence-corrected chi connectivity index (χ1v) is 15.9. The molecule has 218 valence electrons. The molecule has 4 aromatic rings. The Morgan fingerprint density at radius 1 is 0.927 bits per heavy atom. The number of aryl methyl sites for hydroxylation is 1. The van der Waals surface area contributed by atoms with Crippen molar-refractivity contribution >= 4 is 38.0 Å². The van der Waals surface area contributed by atoms with E-state index in [4.69, 9.17) is 9.47 Å². The van der Waals surface area contributed by atoms with Gasteiger partial charge in [-0.25, -0.2) is 8.42 Å². The molecule has 1 amide bonds. The minimum atomic E-state index is -3.91. The topological polar surface area (TPSA) is 76.2 Å². The summed E-state index contributed by atoms with van der Waals surface area (Å²) in [6, 6.07) is 20.5. The van der Waals surface area contributed by atoms with Gasteiger partial charge in [0.25, 0.3) is 0 Å². The van der Waals surface area contributed by atoms with Crippen molar-refractivity contribution in [2.75, 3.05) is 33.9 Å². The minimum absolute atomic E-state index is 0.0396. The molecule has 0 unspecified atom stereocenters. The van der Waals surface area contributed by atoms with E-state index in [9.17, 15) is 13.2 Å². The van der Waals surface area contributed by atoms with Crippen LogP contribution < -0.4 is 9.47 Å². The van der Waals surface area contributed by atoms with E-state index in [2.05, 4.69) is 0 Å². The normalized spacial score (nSPS) is 11.8. The fraction of sp³-hybridized carbons (Fsp3) is 0.344. The van der Waals surface area contributed by atoms with Crippen molar-refractivity contribution in [1.82, 2.24) is 9.21 Å². The highest BCUT2D eigenvalue weighted by Crippen LogP contribution is 2.28. The predicted octanol–water partition coefficient (Wildman–Crippen LogP) is 6.15. The van der Waals surface area contributed by atoms with Crippen LogP contribution in [0, 0.1) is 12.8 Å². The Balaban J connectivity index is 1.60. The van der Waals surface area contributed by atoms with Gasteiger partial charge in [0.15, 0.2) is 11.5 Å². The van der Waals surface area contributed by atoms with Crippen LogP contribution in [0.3, 0.4) is 0 Å². The summed E-state index contributed by atoms with van der Waals surface area (Å²) in [5.41, 5.74) is 2.10. The largest absolute Gasteiger partial charge is 0.493 e. The minimum Gasteiger partial charge on any atom is -0.493 e. The van der Waals surface area contributed by atoms with E-state index >= 15 is 0 Å². The lowest BCUT2D eigenvalue weighted by Gasteiger charge is -2.28. The van der Waals surface area contributed by atoms with E-state index < -0.39 is 10.0 Å². The van der Waals surface area contributed by atoms with E-state index in [1.165, 1.54) is 4.31 Å². The maximum Gasteiger partial charge on any atom is 0.243 e. The lowest BCUT2D eigenvalue weighted by molar-refractivity contribution is -0.132. The van der Waals surface area contributed by atoms with Crippen molar-refractivity contribution in [2.45, 2.75) is 38.6 Å². The molecule has 0 radical (unpaired) electrons. The number of sulfonamides is 1. The molecule has 4 rings (SSSR count). The van der Waals surface area contributed by atoms with E-state index in [1.807, 2.05) is 80.7 Å². The Hall–Kier alpha value is -3.40. The molecule has 7 nitrogen and oxygen atoms in total. The van der Waals surface area contributed by atoms with Gasteiger partial charge in [-0.2, -0.15) is 4.31 Å². The second kappa shape index (κ2) is 13.5. The van der Waals surface area contributed by atoms with E-state index in [1.54, 1.807) is 42.6 Å². The lowest BCUT2D eigenvalue weighted by Crippen LogP contribution is -2.44. The molecule has 0 atom stereocenters. The second-order valence-electron chi connectivity index (χ2n) is 10.5. The number of fused-ring (bicyclic) bond motifs is 1. The van der Waals surface area contributed by atoms with Crippen LogP contribution in [0.25, 0.3) is 10.8 Å². The van der Waals surface area contributed by atoms with E-state index in [-0.39, 0.29) is 29.8 Å². The van der Waals surface area contributed by atoms with Crippen molar-refractivity contribution in [3.8, 4) is 11.5 Å². The van der Waals surface area contributed by atoms with Crippen LogP contribution in [0.5, 0.6) is 11.5 Å². The van der Waals surface area contributed by atoms with Crippen LogP contribution in [0.15, 0.2) is 77.0 Å². The van der Waals surface area contributed by atoms with Gasteiger partial charge in [-0.3, -0.25) is 4.79 Å². The number of hydrogen-bond acceptors (Lipinski definition) is 6. The number of methoxy groups -OCH3 is 2. The summed E-state index contributed by atoms with van der Waals surface area (Å²) in [4.78, 5) is 16.9. The summed E-state index contributed by atoms with van der Waals surface area (Å²) >= 11 is 1.60. The zero-order valence-electron chi connectivity index (χ0n) is 24.3. The molecule has 9 heteroatoms. The first-order chi connectivity index (χ1) is 19.6. The fourth-order valence-corrected chi connectivity index (χ4v) is 7.22. The first kappa shape index (κ1) is 30.6. The number of benzene rings is 3. The summed E-state index contributed by atoms with van der Waals surface area (Å²) in [6.45, 7) is 6.79. The molecule has 0 N–H and O–H groups in total. The van der Waals surface area contributed by atoms with Crippen molar-refractivity contribution < 1.29 is 22.7 Å². The number of hydrogen-bond donors (Lipinski definition) is 0. The highest BCUT2D eigenvalue weighted by molar-refractivity contribution is 7.89. The van der Waals surface area contributed by atoms with Gasteiger partial charge in [-0.05, 0) is 76.9 Å². The van der Waals surface area contributed by atoms with Gasteiger partial charge in [0, 0.05) is 18.0 Å². The summed E-state index contributed by atoms with van der Waals surface area (Å²) in [5, 5.41) is 3.82. The molecule has 41 heavy (non-hydrogen) atoms. The van der Waals surface area contributed by atoms with Crippen LogP contribution in [0.4, 0.5) is 0 Å². The van der Waals surface area contributed by atoms with Gasteiger partial charge in [-0.1, -0.05) is 50.2 Å². The SMILES string of the molecule is COc1ccc(CCN(Cc2sccc2C)C(=O)CN(CC(C)C)S(=O)(=O)c2ccc3ccccc3c2)cc1OC. The Labute approximate surface area is 247 Å². The number of amides is 1. The lowest BCUT2D eigenvalue weighted by atomic mass is 10.1. The number of nitrogens with zero attached hydrogens (tertiary/aromatic N) is 2. The third-order valence-electron chi connectivity index (χ3n) is 7.01. The van der Waals surface area contributed by atoms with Crippen LogP contribution >= 0.6 is 11.3 Å². The van der Waals surface area contributed by atoms with Gasteiger partial charge in [0.05, 0.1) is 32.2 Å². The molecule has 0 spiro atoms.